The number of rotatable bonds is 7. The predicted molar refractivity (Wildman–Crippen MR) is 217 cm³/mol. The summed E-state index contributed by atoms with van der Waals surface area (Å²) < 4.78 is 22.2. The highest BCUT2D eigenvalue weighted by Gasteiger charge is 2.29. The monoisotopic (exact) mass is 748 g/mol. The van der Waals surface area contributed by atoms with E-state index in [-0.39, 0.29) is 0 Å². The molecule has 0 aliphatic carbocycles. The van der Waals surface area contributed by atoms with Crippen molar-refractivity contribution < 1.29 is 33.0 Å². The van der Waals surface area contributed by atoms with Crippen LogP contribution in [0.5, 0.6) is 0 Å². The lowest BCUT2D eigenvalue weighted by Crippen LogP contribution is -2.04. The summed E-state index contributed by atoms with van der Waals surface area (Å²) in [7, 11) is -10.1. The van der Waals surface area contributed by atoms with E-state index in [1.165, 1.54) is 100 Å². The quantitative estimate of drug-likeness (QED) is 0.120. The Hall–Kier alpha value is -4.42. The molecular formula is C44H46O7P2. The Morgan fingerprint density at radius 3 is 0.981 bits per heavy atom. The molecule has 4 N–H and O–H groups in total. The smallest absolute Gasteiger partial charge is 0.302 e. The van der Waals surface area contributed by atoms with Crippen molar-refractivity contribution in [1.29, 1.82) is 0 Å². The van der Waals surface area contributed by atoms with Gasteiger partial charge in [-0.1, -0.05) is 103 Å². The molecule has 6 rings (SSSR count). The molecule has 0 aromatic heterocycles. The Morgan fingerprint density at radius 1 is 0.358 bits per heavy atom. The molecule has 0 spiro atoms. The Kier molecular flexibility index (Phi) is 11.9. The molecule has 0 saturated heterocycles. The Morgan fingerprint density at radius 2 is 0.660 bits per heavy atom. The van der Waals surface area contributed by atoms with Gasteiger partial charge in [0.15, 0.2) is 0 Å². The van der Waals surface area contributed by atoms with Crippen molar-refractivity contribution in [2.24, 2.45) is 0 Å². The van der Waals surface area contributed by atoms with E-state index in [0.29, 0.717) is 0 Å². The summed E-state index contributed by atoms with van der Waals surface area (Å²) in [4.78, 5) is 31.0. The summed E-state index contributed by atoms with van der Waals surface area (Å²) in [6.07, 6.45) is 0. The van der Waals surface area contributed by atoms with E-state index in [4.69, 9.17) is 19.6 Å². The molecule has 0 unspecified atom stereocenters. The maximum absolute atomic E-state index is 9.63. The highest BCUT2D eigenvalue weighted by atomic mass is 31.3. The van der Waals surface area contributed by atoms with Gasteiger partial charge in [0.2, 0.25) is 0 Å². The molecule has 274 valence electrons. The van der Waals surface area contributed by atoms with Crippen LogP contribution in [-0.4, -0.2) is 19.6 Å². The molecule has 0 aliphatic heterocycles. The van der Waals surface area contributed by atoms with Crippen LogP contribution in [-0.2, 0) is 13.4 Å². The van der Waals surface area contributed by atoms with Gasteiger partial charge in [0, 0.05) is 0 Å². The number of hydrogen-bond acceptors (Lipinski definition) is 3. The van der Waals surface area contributed by atoms with E-state index < -0.39 is 15.6 Å². The molecule has 0 saturated carbocycles. The second kappa shape index (κ2) is 15.9. The first-order valence-corrected chi connectivity index (χ1v) is 20.3. The predicted octanol–water partition coefficient (Wildman–Crippen LogP) is 11.7. The fourth-order valence-corrected chi connectivity index (χ4v) is 8.61. The summed E-state index contributed by atoms with van der Waals surface area (Å²) in [5.74, 6) is 0. The van der Waals surface area contributed by atoms with Crippen LogP contribution < -0.4 is 0 Å². The van der Waals surface area contributed by atoms with Gasteiger partial charge in [-0.3, -0.25) is 0 Å². The van der Waals surface area contributed by atoms with Gasteiger partial charge in [-0.05, 0) is 162 Å². The van der Waals surface area contributed by atoms with Gasteiger partial charge < -0.3 is 19.6 Å². The van der Waals surface area contributed by atoms with E-state index in [0.717, 1.165) is 0 Å². The highest BCUT2D eigenvalue weighted by Crippen LogP contribution is 2.55. The summed E-state index contributed by atoms with van der Waals surface area (Å²) in [5, 5.41) is 0. The van der Waals surface area contributed by atoms with Crippen LogP contribution in [0.3, 0.4) is 0 Å². The minimum absolute atomic E-state index is 1.23. The molecule has 53 heavy (non-hydrogen) atoms. The van der Waals surface area contributed by atoms with Gasteiger partial charge in [0.05, 0.1) is 0 Å². The van der Waals surface area contributed by atoms with Crippen LogP contribution in [0.1, 0.15) is 44.5 Å². The number of benzene rings is 6. The van der Waals surface area contributed by atoms with Crippen molar-refractivity contribution >= 4 is 15.6 Å². The molecule has 7 nitrogen and oxygen atoms in total. The van der Waals surface area contributed by atoms with Crippen molar-refractivity contribution in [2.45, 2.75) is 55.4 Å². The van der Waals surface area contributed by atoms with Crippen molar-refractivity contribution in [2.75, 3.05) is 0 Å². The van der Waals surface area contributed by atoms with Crippen LogP contribution in [0.15, 0.2) is 109 Å². The third-order valence-electron chi connectivity index (χ3n) is 9.57. The average Bonchev–Trinajstić information content (AvgIpc) is 3.04. The van der Waals surface area contributed by atoms with E-state index in [9.17, 15) is 9.13 Å². The zero-order chi connectivity index (χ0) is 38.8. The summed E-state index contributed by atoms with van der Waals surface area (Å²) >= 11 is 0. The average molecular weight is 749 g/mol. The van der Waals surface area contributed by atoms with Crippen molar-refractivity contribution in [3.8, 4) is 55.6 Å². The van der Waals surface area contributed by atoms with Gasteiger partial charge >= 0.3 is 15.6 Å². The first-order valence-electron chi connectivity index (χ1n) is 17.2. The third kappa shape index (κ3) is 8.87. The molecule has 0 bridgehead atoms. The lowest BCUT2D eigenvalue weighted by Gasteiger charge is -2.29. The molecule has 6 aromatic rings. The van der Waals surface area contributed by atoms with E-state index in [2.05, 4.69) is 169 Å². The maximum atomic E-state index is 9.63. The molecule has 0 fully saturated rings. The van der Waals surface area contributed by atoms with Gasteiger partial charge in [-0.25, -0.2) is 9.13 Å². The first-order chi connectivity index (χ1) is 24.9. The zero-order valence-corrected chi connectivity index (χ0v) is 33.1. The molecule has 0 aliphatic rings. The fourth-order valence-electron chi connectivity index (χ4n) is 7.50. The molecular weight excluding hydrogens is 702 g/mol. The molecule has 9 heteroatoms. The third-order valence-corrected chi connectivity index (χ3v) is 11.3. The van der Waals surface area contributed by atoms with Crippen LogP contribution in [0.4, 0.5) is 0 Å². The lowest BCUT2D eigenvalue weighted by atomic mass is 9.74. The molecule has 0 atom stereocenters. The fraction of sp³-hybridized carbons (Fsp3) is 0.182. The number of phosphoric acid groups is 2. The van der Waals surface area contributed by atoms with Crippen molar-refractivity contribution in [3.63, 3.8) is 0 Å². The normalized spacial score (nSPS) is 11.6. The minimum Gasteiger partial charge on any atom is -0.302 e. The maximum Gasteiger partial charge on any atom is 0.478 e. The molecule has 6 aromatic carbocycles. The van der Waals surface area contributed by atoms with E-state index in [1.807, 2.05) is 0 Å². The second-order valence-corrected chi connectivity index (χ2v) is 16.2. The highest BCUT2D eigenvalue weighted by molar-refractivity contribution is 7.60. The number of hydrogen-bond donors (Lipinski definition) is 4. The van der Waals surface area contributed by atoms with Gasteiger partial charge in [0.1, 0.15) is 0 Å². The lowest BCUT2D eigenvalue weighted by molar-refractivity contribution is 0.225. The molecule has 0 amide bonds. The summed E-state index contributed by atoms with van der Waals surface area (Å²) in [6, 6.07) is 40.4. The minimum atomic E-state index is -5.05. The second-order valence-electron chi connectivity index (χ2n) is 13.6. The summed E-state index contributed by atoms with van der Waals surface area (Å²) in [5.41, 5.74) is 23.4. The van der Waals surface area contributed by atoms with Crippen LogP contribution in [0.2, 0.25) is 0 Å². The van der Waals surface area contributed by atoms with E-state index in [1.54, 1.807) is 0 Å². The van der Waals surface area contributed by atoms with Gasteiger partial charge in [-0.15, -0.1) is 0 Å². The van der Waals surface area contributed by atoms with Crippen LogP contribution >= 0.6 is 15.6 Å². The zero-order valence-electron chi connectivity index (χ0n) is 31.3. The van der Waals surface area contributed by atoms with Crippen LogP contribution in [0.25, 0.3) is 55.6 Å². The SMILES string of the molecule is Cc1cccc(C)c1-c1cc(-c2ccccc2)c(-c2c(C)cccc2C)c(-c2c(C)cccc2C)c1-c1c(C)cccc1C.O=P(O)(O)OP(=O)(O)O. The molecule has 0 heterocycles. The van der Waals surface area contributed by atoms with Gasteiger partial charge in [-0.2, -0.15) is 4.31 Å². The largest absolute Gasteiger partial charge is 0.478 e. The molecule has 0 radical (unpaired) electrons. The van der Waals surface area contributed by atoms with E-state index >= 15 is 0 Å². The van der Waals surface area contributed by atoms with Crippen LogP contribution in [0, 0.1) is 55.4 Å². The van der Waals surface area contributed by atoms with Crippen molar-refractivity contribution in [1.82, 2.24) is 0 Å². The first kappa shape index (κ1) is 39.8. The van der Waals surface area contributed by atoms with Gasteiger partial charge in [0.25, 0.3) is 0 Å². The Balaban J connectivity index is 0.000000534. The summed E-state index contributed by atoms with van der Waals surface area (Å²) in [6.45, 7) is 18.2. The topological polar surface area (TPSA) is 124 Å². The van der Waals surface area contributed by atoms with Crippen molar-refractivity contribution in [3.05, 3.63) is 154 Å². The number of aryl methyl sites for hydroxylation is 8. The standard InChI is InChI=1S/C44H42.H4O7P2/c1-27-16-12-17-28(2)38(27)37-26-36(35-24-10-9-11-25-35)42(39-29(3)18-13-19-30(39)4)44(41-33(7)22-15-23-34(41)8)43(37)40-31(5)20-14-21-32(40)6;1-8(2,3)7-9(4,5)6/h9-26H,1-8H3;(H2,1,2,3)(H2,4,5,6). The Labute approximate surface area is 312 Å². The Bertz CT molecular complexity index is 2310.